The fraction of sp³-hybridized carbons (Fsp3) is 0.238. The number of nitrogens with zero attached hydrogens (tertiary/aromatic N) is 1. The van der Waals surface area contributed by atoms with Crippen LogP contribution in [0.25, 0.3) is 22.0 Å². The summed E-state index contributed by atoms with van der Waals surface area (Å²) in [6, 6.07) is 13.1. The minimum Gasteiger partial charge on any atom is -0.462 e. The van der Waals surface area contributed by atoms with Gasteiger partial charge in [0.2, 0.25) is 0 Å². The number of aromatic nitrogens is 1. The van der Waals surface area contributed by atoms with E-state index in [1.165, 1.54) is 4.57 Å². The number of carbonyl (C=O) groups is 1. The van der Waals surface area contributed by atoms with Crippen LogP contribution in [0, 0.1) is 0 Å². The van der Waals surface area contributed by atoms with E-state index in [0.29, 0.717) is 16.1 Å². The topological polar surface area (TPSA) is 48.3 Å². The molecule has 26 heavy (non-hydrogen) atoms. The second-order valence-corrected chi connectivity index (χ2v) is 6.43. The lowest BCUT2D eigenvalue weighted by Crippen LogP contribution is -2.27. The summed E-state index contributed by atoms with van der Waals surface area (Å²) in [5, 5.41) is 1.29. The molecule has 0 saturated heterocycles. The number of hydrogen-bond acceptors (Lipinski definition) is 3. The van der Waals surface area contributed by atoms with Gasteiger partial charge in [-0.2, -0.15) is 0 Å². The molecule has 0 unspecified atom stereocenters. The summed E-state index contributed by atoms with van der Waals surface area (Å²) in [6.07, 6.45) is 0.843. The maximum atomic E-state index is 13.0. The Bertz CT molecular complexity index is 1050. The summed E-state index contributed by atoms with van der Waals surface area (Å²) < 4.78 is 6.66. The predicted octanol–water partition coefficient (Wildman–Crippen LogP) is 4.60. The summed E-state index contributed by atoms with van der Waals surface area (Å²) in [4.78, 5) is 25.6. The Morgan fingerprint density at radius 2 is 1.88 bits per heavy atom. The van der Waals surface area contributed by atoms with Gasteiger partial charge in [0.05, 0.1) is 12.1 Å². The van der Waals surface area contributed by atoms with Gasteiger partial charge < -0.3 is 9.30 Å². The lowest BCUT2D eigenvalue weighted by atomic mass is 9.94. The van der Waals surface area contributed by atoms with Crippen molar-refractivity contribution >= 4 is 28.5 Å². The lowest BCUT2D eigenvalue weighted by molar-refractivity contribution is 0.0525. The van der Waals surface area contributed by atoms with Gasteiger partial charge in [0.15, 0.2) is 0 Å². The number of esters is 1. The van der Waals surface area contributed by atoms with Crippen LogP contribution >= 0.6 is 11.6 Å². The molecule has 0 N–H and O–H groups in total. The summed E-state index contributed by atoms with van der Waals surface area (Å²) in [6.45, 7) is 3.97. The van der Waals surface area contributed by atoms with Gasteiger partial charge in [-0.05, 0) is 37.1 Å². The molecule has 0 saturated carbocycles. The molecule has 0 spiro atoms. The molecular formula is C21H20ClNO3. The molecular weight excluding hydrogens is 350 g/mol. The molecule has 0 amide bonds. The third-order valence-electron chi connectivity index (χ3n) is 4.49. The largest absolute Gasteiger partial charge is 0.462 e. The van der Waals surface area contributed by atoms with Gasteiger partial charge in [-0.1, -0.05) is 42.8 Å². The number of halogens is 1. The molecule has 4 nitrogen and oxygen atoms in total. The zero-order chi connectivity index (χ0) is 18.8. The summed E-state index contributed by atoms with van der Waals surface area (Å²) in [5.74, 6) is -0.633. The molecule has 0 radical (unpaired) electrons. The van der Waals surface area contributed by atoms with Crippen molar-refractivity contribution in [2.75, 3.05) is 6.61 Å². The molecule has 0 bridgehead atoms. The smallest absolute Gasteiger partial charge is 0.344 e. The second-order valence-electron chi connectivity index (χ2n) is 6.02. The van der Waals surface area contributed by atoms with Crippen LogP contribution in [0.2, 0.25) is 5.02 Å². The first-order chi connectivity index (χ1) is 12.5. The third kappa shape index (κ3) is 3.01. The van der Waals surface area contributed by atoms with Crippen LogP contribution in [-0.2, 0) is 18.2 Å². The summed E-state index contributed by atoms with van der Waals surface area (Å²) >= 11 is 6.42. The van der Waals surface area contributed by atoms with Crippen LogP contribution in [-0.4, -0.2) is 17.1 Å². The molecule has 0 aliphatic carbocycles. The number of carbonyl (C=O) groups excluding carboxylic acids is 1. The minimum atomic E-state index is -0.633. The van der Waals surface area contributed by atoms with Crippen molar-refractivity contribution in [2.24, 2.45) is 7.05 Å². The highest BCUT2D eigenvalue weighted by Gasteiger charge is 2.24. The molecule has 134 valence electrons. The number of fused-ring (bicyclic) bond motifs is 1. The van der Waals surface area contributed by atoms with Crippen molar-refractivity contribution in [2.45, 2.75) is 20.3 Å². The Kier molecular flexibility index (Phi) is 5.14. The number of pyridine rings is 1. The van der Waals surface area contributed by atoms with E-state index in [1.807, 2.05) is 36.4 Å². The molecule has 3 aromatic rings. The first kappa shape index (κ1) is 18.2. The molecule has 0 atom stereocenters. The van der Waals surface area contributed by atoms with Crippen LogP contribution in [0.5, 0.6) is 0 Å². The fourth-order valence-electron chi connectivity index (χ4n) is 3.15. The van der Waals surface area contributed by atoms with Crippen LogP contribution in [0.4, 0.5) is 0 Å². The number of rotatable bonds is 4. The van der Waals surface area contributed by atoms with Crippen LogP contribution in [0.15, 0.2) is 47.3 Å². The van der Waals surface area contributed by atoms with Crippen molar-refractivity contribution in [3.63, 3.8) is 0 Å². The van der Waals surface area contributed by atoms with E-state index in [1.54, 1.807) is 20.0 Å². The van der Waals surface area contributed by atoms with Gasteiger partial charge in [0.1, 0.15) is 5.56 Å². The van der Waals surface area contributed by atoms with E-state index in [2.05, 4.69) is 6.92 Å². The van der Waals surface area contributed by atoms with Crippen molar-refractivity contribution < 1.29 is 9.53 Å². The van der Waals surface area contributed by atoms with Crippen LogP contribution in [0.3, 0.4) is 0 Å². The van der Waals surface area contributed by atoms with Crippen molar-refractivity contribution in [1.29, 1.82) is 0 Å². The first-order valence-corrected chi connectivity index (χ1v) is 8.95. The maximum Gasteiger partial charge on any atom is 0.344 e. The zero-order valence-electron chi connectivity index (χ0n) is 15.0. The number of aryl methyl sites for hydroxylation is 2. The van der Waals surface area contributed by atoms with E-state index in [4.69, 9.17) is 16.3 Å². The Hall–Kier alpha value is -2.59. The van der Waals surface area contributed by atoms with Gasteiger partial charge in [-0.25, -0.2) is 4.79 Å². The Balaban J connectivity index is 2.53. The number of benzene rings is 2. The molecule has 5 heteroatoms. The average Bonchev–Trinajstić information content (AvgIpc) is 2.64. The standard InChI is InChI=1S/C21H20ClNO3/c1-4-13-10-11-17-15(12-13)18(14-8-6-7-9-16(14)22)19(20(24)23(17)3)21(25)26-5-2/h6-12H,4-5H2,1-3H3. The SMILES string of the molecule is CCOC(=O)c1c(-c2ccccc2Cl)c2cc(CC)ccc2n(C)c1=O. The van der Waals surface area contributed by atoms with Crippen molar-refractivity contribution in [3.8, 4) is 11.1 Å². The molecule has 2 aromatic carbocycles. The van der Waals surface area contributed by atoms with Crippen molar-refractivity contribution in [3.05, 3.63) is 69.0 Å². The van der Waals surface area contributed by atoms with Gasteiger partial charge in [0, 0.05) is 28.6 Å². The Morgan fingerprint density at radius 3 is 2.54 bits per heavy atom. The second kappa shape index (κ2) is 7.34. The van der Waals surface area contributed by atoms with E-state index in [-0.39, 0.29) is 12.2 Å². The monoisotopic (exact) mass is 369 g/mol. The van der Waals surface area contributed by atoms with Gasteiger partial charge >= 0.3 is 5.97 Å². The Labute approximate surface area is 157 Å². The fourth-order valence-corrected chi connectivity index (χ4v) is 3.38. The van der Waals surface area contributed by atoms with Gasteiger partial charge in [-0.3, -0.25) is 4.79 Å². The predicted molar refractivity (Wildman–Crippen MR) is 105 cm³/mol. The third-order valence-corrected chi connectivity index (χ3v) is 4.82. The normalized spacial score (nSPS) is 10.9. The molecule has 0 aliphatic rings. The van der Waals surface area contributed by atoms with Gasteiger partial charge in [0.25, 0.3) is 5.56 Å². The van der Waals surface area contributed by atoms with Gasteiger partial charge in [-0.15, -0.1) is 0 Å². The zero-order valence-corrected chi connectivity index (χ0v) is 15.8. The molecule has 3 rings (SSSR count). The number of hydrogen-bond donors (Lipinski definition) is 0. The van der Waals surface area contributed by atoms with E-state index >= 15 is 0 Å². The van der Waals surface area contributed by atoms with Crippen LogP contribution < -0.4 is 5.56 Å². The molecule has 0 aliphatic heterocycles. The van der Waals surface area contributed by atoms with Crippen LogP contribution in [0.1, 0.15) is 29.8 Å². The highest BCUT2D eigenvalue weighted by Crippen LogP contribution is 2.35. The van der Waals surface area contributed by atoms with E-state index < -0.39 is 11.5 Å². The van der Waals surface area contributed by atoms with E-state index in [0.717, 1.165) is 22.9 Å². The molecule has 1 aromatic heterocycles. The molecule has 0 fully saturated rings. The highest BCUT2D eigenvalue weighted by atomic mass is 35.5. The van der Waals surface area contributed by atoms with Crippen molar-refractivity contribution in [1.82, 2.24) is 4.57 Å². The summed E-state index contributed by atoms with van der Waals surface area (Å²) in [7, 11) is 1.66. The minimum absolute atomic E-state index is 0.0169. The molecule has 1 heterocycles. The average molecular weight is 370 g/mol. The highest BCUT2D eigenvalue weighted by molar-refractivity contribution is 6.34. The maximum absolute atomic E-state index is 13.0. The number of ether oxygens (including phenoxy) is 1. The Morgan fingerprint density at radius 1 is 1.15 bits per heavy atom. The van der Waals surface area contributed by atoms with E-state index in [9.17, 15) is 9.59 Å². The lowest BCUT2D eigenvalue weighted by Gasteiger charge is -2.17. The summed E-state index contributed by atoms with van der Waals surface area (Å²) in [5.41, 5.74) is 2.66. The quantitative estimate of drug-likeness (QED) is 0.631. The first-order valence-electron chi connectivity index (χ1n) is 8.57.